The Labute approximate surface area is 90.5 Å². The van der Waals surface area contributed by atoms with Crippen molar-refractivity contribution in [2.45, 2.75) is 19.8 Å². The Balaban J connectivity index is 2.21. The summed E-state index contributed by atoms with van der Waals surface area (Å²) < 4.78 is 0. The zero-order valence-corrected chi connectivity index (χ0v) is 9.16. The molecular weight excluding hydrogens is 188 g/mol. The number of aromatic nitrogens is 1. The Hall–Kier alpha value is -1.45. The van der Waals surface area contributed by atoms with Gasteiger partial charge in [0.1, 0.15) is 5.82 Å². The number of hydrogen-bond acceptors (Lipinski definition) is 4. The Bertz CT molecular complexity index is 331. The van der Waals surface area contributed by atoms with Crippen molar-refractivity contribution >= 4 is 17.3 Å². The number of nitrogens with one attached hydrogen (secondary N) is 1. The van der Waals surface area contributed by atoms with Crippen LogP contribution in [0.2, 0.25) is 0 Å². The van der Waals surface area contributed by atoms with E-state index in [1.54, 1.807) is 0 Å². The Morgan fingerprint density at radius 3 is 2.80 bits per heavy atom. The van der Waals surface area contributed by atoms with Gasteiger partial charge in [-0.2, -0.15) is 0 Å². The number of pyridine rings is 1. The van der Waals surface area contributed by atoms with Gasteiger partial charge in [0.2, 0.25) is 0 Å². The molecule has 4 heteroatoms. The molecule has 1 aliphatic rings. The van der Waals surface area contributed by atoms with Crippen molar-refractivity contribution in [3.8, 4) is 0 Å². The van der Waals surface area contributed by atoms with Crippen LogP contribution in [0, 0.1) is 0 Å². The zero-order chi connectivity index (χ0) is 10.7. The molecular formula is C11H18N4. The summed E-state index contributed by atoms with van der Waals surface area (Å²) in [6, 6.07) is 3.93. The number of nitrogen functional groups attached to an aromatic ring is 1. The molecule has 4 nitrogen and oxygen atoms in total. The van der Waals surface area contributed by atoms with E-state index in [1.165, 1.54) is 12.8 Å². The largest absolute Gasteiger partial charge is 0.396 e. The number of nitrogens with zero attached hydrogens (tertiary/aromatic N) is 2. The highest BCUT2D eigenvalue weighted by Crippen LogP contribution is 2.23. The molecule has 1 aromatic heterocycles. The van der Waals surface area contributed by atoms with E-state index in [2.05, 4.69) is 15.2 Å². The van der Waals surface area contributed by atoms with Crippen LogP contribution >= 0.6 is 0 Å². The molecule has 0 radical (unpaired) electrons. The van der Waals surface area contributed by atoms with Gasteiger partial charge in [-0.1, -0.05) is 0 Å². The van der Waals surface area contributed by atoms with E-state index >= 15 is 0 Å². The standard InChI is InChI=1S/C11H18N4/c1-2-13-11-9(12)5-6-10(14-11)15-7-3-4-8-15/h5-6H,2-4,7-8,12H2,1H3,(H,13,14). The molecule has 1 fully saturated rings. The second-order valence-electron chi connectivity index (χ2n) is 3.83. The van der Waals surface area contributed by atoms with Crippen molar-refractivity contribution in [1.29, 1.82) is 0 Å². The van der Waals surface area contributed by atoms with Gasteiger partial charge in [-0.3, -0.25) is 0 Å². The first-order valence-electron chi connectivity index (χ1n) is 5.56. The number of nitrogens with two attached hydrogens (primary N) is 1. The van der Waals surface area contributed by atoms with Crippen LogP contribution in [0.15, 0.2) is 12.1 Å². The number of rotatable bonds is 3. The molecule has 2 heterocycles. The van der Waals surface area contributed by atoms with Crippen LogP contribution in [0.5, 0.6) is 0 Å². The van der Waals surface area contributed by atoms with Gasteiger partial charge in [-0.05, 0) is 31.9 Å². The lowest BCUT2D eigenvalue weighted by Crippen LogP contribution is -2.19. The molecule has 0 saturated carbocycles. The van der Waals surface area contributed by atoms with Gasteiger partial charge in [0, 0.05) is 19.6 Å². The average molecular weight is 206 g/mol. The van der Waals surface area contributed by atoms with Crippen LogP contribution in [-0.4, -0.2) is 24.6 Å². The van der Waals surface area contributed by atoms with E-state index in [0.717, 1.165) is 37.0 Å². The average Bonchev–Trinajstić information content (AvgIpc) is 2.75. The van der Waals surface area contributed by atoms with Crippen molar-refractivity contribution < 1.29 is 0 Å². The van der Waals surface area contributed by atoms with Crippen molar-refractivity contribution in [1.82, 2.24) is 4.98 Å². The summed E-state index contributed by atoms with van der Waals surface area (Å²) in [5.41, 5.74) is 6.55. The van der Waals surface area contributed by atoms with Crippen LogP contribution in [0.25, 0.3) is 0 Å². The SMILES string of the molecule is CCNc1nc(N2CCCC2)ccc1N. The van der Waals surface area contributed by atoms with Gasteiger partial charge < -0.3 is 16.0 Å². The molecule has 1 aliphatic heterocycles. The lowest BCUT2D eigenvalue weighted by atomic mass is 10.3. The Morgan fingerprint density at radius 2 is 2.13 bits per heavy atom. The third-order valence-corrected chi connectivity index (χ3v) is 2.69. The molecule has 0 spiro atoms. The lowest BCUT2D eigenvalue weighted by Gasteiger charge is -2.18. The molecule has 0 aromatic carbocycles. The third-order valence-electron chi connectivity index (χ3n) is 2.69. The van der Waals surface area contributed by atoms with Gasteiger partial charge >= 0.3 is 0 Å². The van der Waals surface area contributed by atoms with Gasteiger partial charge in [0.25, 0.3) is 0 Å². The molecule has 1 saturated heterocycles. The predicted molar refractivity (Wildman–Crippen MR) is 64.3 cm³/mol. The highest BCUT2D eigenvalue weighted by molar-refractivity contribution is 5.64. The molecule has 15 heavy (non-hydrogen) atoms. The third kappa shape index (κ3) is 2.14. The zero-order valence-electron chi connectivity index (χ0n) is 9.16. The van der Waals surface area contributed by atoms with Crippen LogP contribution in [0.1, 0.15) is 19.8 Å². The van der Waals surface area contributed by atoms with Gasteiger partial charge in [0.15, 0.2) is 5.82 Å². The first kappa shape index (κ1) is 10.1. The molecule has 3 N–H and O–H groups in total. The van der Waals surface area contributed by atoms with E-state index < -0.39 is 0 Å². The fraction of sp³-hybridized carbons (Fsp3) is 0.545. The quantitative estimate of drug-likeness (QED) is 0.790. The van der Waals surface area contributed by atoms with Crippen LogP contribution in [0.3, 0.4) is 0 Å². The van der Waals surface area contributed by atoms with Gasteiger partial charge in [-0.15, -0.1) is 0 Å². The molecule has 0 atom stereocenters. The van der Waals surface area contributed by atoms with E-state index in [1.807, 2.05) is 19.1 Å². The topological polar surface area (TPSA) is 54.2 Å². The number of hydrogen-bond donors (Lipinski definition) is 2. The maximum Gasteiger partial charge on any atom is 0.151 e. The summed E-state index contributed by atoms with van der Waals surface area (Å²) in [6.45, 7) is 5.12. The smallest absolute Gasteiger partial charge is 0.151 e. The second-order valence-corrected chi connectivity index (χ2v) is 3.83. The summed E-state index contributed by atoms with van der Waals surface area (Å²) in [4.78, 5) is 6.84. The molecule has 0 unspecified atom stereocenters. The molecule has 82 valence electrons. The van der Waals surface area contributed by atoms with E-state index in [0.29, 0.717) is 0 Å². The summed E-state index contributed by atoms with van der Waals surface area (Å²) in [6.07, 6.45) is 2.53. The fourth-order valence-corrected chi connectivity index (χ4v) is 1.89. The van der Waals surface area contributed by atoms with E-state index in [4.69, 9.17) is 5.73 Å². The van der Waals surface area contributed by atoms with Crippen molar-refractivity contribution in [2.75, 3.05) is 35.6 Å². The first-order valence-corrected chi connectivity index (χ1v) is 5.56. The van der Waals surface area contributed by atoms with E-state index in [-0.39, 0.29) is 0 Å². The first-order chi connectivity index (χ1) is 7.31. The highest BCUT2D eigenvalue weighted by Gasteiger charge is 2.14. The minimum absolute atomic E-state index is 0.722. The van der Waals surface area contributed by atoms with Crippen LogP contribution < -0.4 is 16.0 Å². The van der Waals surface area contributed by atoms with Crippen LogP contribution in [0.4, 0.5) is 17.3 Å². The summed E-state index contributed by atoms with van der Waals surface area (Å²) in [7, 11) is 0. The van der Waals surface area contributed by atoms with Crippen LogP contribution in [-0.2, 0) is 0 Å². The number of anilines is 3. The maximum atomic E-state index is 5.83. The Morgan fingerprint density at radius 1 is 1.40 bits per heavy atom. The molecule has 0 bridgehead atoms. The predicted octanol–water partition coefficient (Wildman–Crippen LogP) is 1.70. The fourth-order valence-electron chi connectivity index (χ4n) is 1.89. The lowest BCUT2D eigenvalue weighted by molar-refractivity contribution is 0.937. The molecule has 0 amide bonds. The van der Waals surface area contributed by atoms with Gasteiger partial charge in [-0.25, -0.2) is 4.98 Å². The summed E-state index contributed by atoms with van der Waals surface area (Å²) in [5, 5.41) is 3.18. The molecule has 1 aromatic rings. The van der Waals surface area contributed by atoms with Crippen molar-refractivity contribution in [3.05, 3.63) is 12.1 Å². The van der Waals surface area contributed by atoms with Crippen molar-refractivity contribution in [3.63, 3.8) is 0 Å². The molecule has 0 aliphatic carbocycles. The maximum absolute atomic E-state index is 5.83. The minimum Gasteiger partial charge on any atom is -0.396 e. The normalized spacial score (nSPS) is 15.7. The van der Waals surface area contributed by atoms with E-state index in [9.17, 15) is 0 Å². The summed E-state index contributed by atoms with van der Waals surface area (Å²) in [5.74, 6) is 1.85. The summed E-state index contributed by atoms with van der Waals surface area (Å²) >= 11 is 0. The monoisotopic (exact) mass is 206 g/mol. The van der Waals surface area contributed by atoms with Gasteiger partial charge in [0.05, 0.1) is 5.69 Å². The molecule has 2 rings (SSSR count). The van der Waals surface area contributed by atoms with Crippen molar-refractivity contribution in [2.24, 2.45) is 0 Å². The second kappa shape index (κ2) is 4.38. The Kier molecular flexibility index (Phi) is 2.94. The highest BCUT2D eigenvalue weighted by atomic mass is 15.2. The minimum atomic E-state index is 0.722.